The molecule has 1 aromatic heterocycles. The van der Waals surface area contributed by atoms with E-state index < -0.39 is 0 Å². The van der Waals surface area contributed by atoms with Crippen LogP contribution in [0.25, 0.3) is 0 Å². The molecule has 1 fully saturated rings. The third-order valence-corrected chi connectivity index (χ3v) is 4.94. The van der Waals surface area contributed by atoms with Crippen molar-refractivity contribution in [2.45, 2.75) is 11.8 Å². The van der Waals surface area contributed by atoms with Crippen LogP contribution in [-0.4, -0.2) is 35.3 Å². The summed E-state index contributed by atoms with van der Waals surface area (Å²) in [6.45, 7) is 0.621. The standard InChI is InChI=1S/C16H17NO4S/c1-20-14-8-11(2-3-13(14)18)4-6-17-15(19)10-22-16(17)12-5-7-21-9-12/h2-3,5,7-9,16,18H,4,6,10H2,1H3. The lowest BCUT2D eigenvalue weighted by molar-refractivity contribution is -0.128. The number of nitrogens with zero attached hydrogens (tertiary/aromatic N) is 1. The number of ether oxygens (including phenoxy) is 1. The Labute approximate surface area is 132 Å². The van der Waals surface area contributed by atoms with Crippen molar-refractivity contribution in [1.29, 1.82) is 0 Å². The minimum absolute atomic E-state index is 0.0188. The van der Waals surface area contributed by atoms with E-state index in [0.717, 1.165) is 11.1 Å². The maximum absolute atomic E-state index is 12.1. The highest BCUT2D eigenvalue weighted by molar-refractivity contribution is 8.00. The first kappa shape index (κ1) is 14.8. The summed E-state index contributed by atoms with van der Waals surface area (Å²) in [5.41, 5.74) is 2.03. The zero-order valence-corrected chi connectivity index (χ0v) is 13.0. The van der Waals surface area contributed by atoms with Gasteiger partial charge in [0.05, 0.1) is 25.4 Å². The molecule has 1 aromatic carbocycles. The highest BCUT2D eigenvalue weighted by Gasteiger charge is 2.32. The summed E-state index contributed by atoms with van der Waals surface area (Å²) >= 11 is 1.61. The molecule has 116 valence electrons. The largest absolute Gasteiger partial charge is 0.504 e. The van der Waals surface area contributed by atoms with Gasteiger partial charge in [-0.1, -0.05) is 6.07 Å². The maximum Gasteiger partial charge on any atom is 0.233 e. The van der Waals surface area contributed by atoms with Gasteiger partial charge >= 0.3 is 0 Å². The van der Waals surface area contributed by atoms with E-state index in [1.165, 1.54) is 7.11 Å². The van der Waals surface area contributed by atoms with E-state index in [2.05, 4.69) is 0 Å². The van der Waals surface area contributed by atoms with E-state index >= 15 is 0 Å². The second kappa shape index (κ2) is 6.36. The predicted octanol–water partition coefficient (Wildman–Crippen LogP) is 2.81. The van der Waals surface area contributed by atoms with Gasteiger partial charge in [0.2, 0.25) is 5.91 Å². The summed E-state index contributed by atoms with van der Waals surface area (Å²) in [7, 11) is 1.52. The molecule has 1 N–H and O–H groups in total. The Bertz CT molecular complexity index is 656. The molecule has 0 aliphatic carbocycles. The van der Waals surface area contributed by atoms with E-state index in [0.29, 0.717) is 24.5 Å². The number of carbonyl (C=O) groups is 1. The zero-order valence-electron chi connectivity index (χ0n) is 12.2. The molecule has 1 saturated heterocycles. The quantitative estimate of drug-likeness (QED) is 0.918. The van der Waals surface area contributed by atoms with Crippen molar-refractivity contribution >= 4 is 17.7 Å². The number of hydrogen-bond donors (Lipinski definition) is 1. The third kappa shape index (κ3) is 2.92. The molecule has 0 spiro atoms. The molecule has 6 heteroatoms. The molecule has 2 aromatic rings. The normalized spacial score (nSPS) is 18.0. The van der Waals surface area contributed by atoms with Crippen LogP contribution < -0.4 is 4.74 Å². The molecule has 22 heavy (non-hydrogen) atoms. The lowest BCUT2D eigenvalue weighted by Gasteiger charge is -2.23. The van der Waals surface area contributed by atoms with Gasteiger partial charge in [-0.2, -0.15) is 0 Å². The summed E-state index contributed by atoms with van der Waals surface area (Å²) in [4.78, 5) is 14.0. The molecular formula is C16H17NO4S. The molecule has 1 amide bonds. The van der Waals surface area contributed by atoms with E-state index in [9.17, 15) is 9.90 Å². The van der Waals surface area contributed by atoms with E-state index in [1.807, 2.05) is 17.0 Å². The number of aromatic hydroxyl groups is 1. The van der Waals surface area contributed by atoms with Gasteiger partial charge in [-0.05, 0) is 30.2 Å². The number of furan rings is 1. The predicted molar refractivity (Wildman–Crippen MR) is 84.0 cm³/mol. The van der Waals surface area contributed by atoms with Crippen molar-refractivity contribution < 1.29 is 19.1 Å². The fourth-order valence-corrected chi connectivity index (χ4v) is 3.71. The second-order valence-corrected chi connectivity index (χ2v) is 6.13. The maximum atomic E-state index is 12.1. The summed E-state index contributed by atoms with van der Waals surface area (Å²) in [5.74, 6) is 1.21. The van der Waals surface area contributed by atoms with Crippen LogP contribution in [0.3, 0.4) is 0 Å². The molecule has 1 unspecified atom stereocenters. The Morgan fingerprint density at radius 1 is 1.45 bits per heavy atom. The molecule has 1 atom stereocenters. The fraction of sp³-hybridized carbons (Fsp3) is 0.312. The SMILES string of the molecule is COc1cc(CCN2C(=O)CSC2c2ccoc2)ccc1O. The van der Waals surface area contributed by atoms with Crippen LogP contribution in [0.2, 0.25) is 0 Å². The molecule has 0 bridgehead atoms. The van der Waals surface area contributed by atoms with Gasteiger partial charge in [0.15, 0.2) is 11.5 Å². The van der Waals surface area contributed by atoms with Crippen LogP contribution in [0.4, 0.5) is 0 Å². The van der Waals surface area contributed by atoms with Crippen LogP contribution >= 0.6 is 11.8 Å². The van der Waals surface area contributed by atoms with Gasteiger partial charge in [0, 0.05) is 12.1 Å². The number of amides is 1. The number of phenolic OH excluding ortho intramolecular Hbond substituents is 1. The zero-order chi connectivity index (χ0) is 15.5. The number of benzene rings is 1. The highest BCUT2D eigenvalue weighted by atomic mass is 32.2. The minimum atomic E-state index is 0.0188. The summed E-state index contributed by atoms with van der Waals surface area (Å²) in [6, 6.07) is 7.16. The number of rotatable bonds is 5. The second-order valence-electron chi connectivity index (χ2n) is 5.06. The van der Waals surface area contributed by atoms with Crippen molar-refractivity contribution in [1.82, 2.24) is 4.90 Å². The van der Waals surface area contributed by atoms with Crippen molar-refractivity contribution in [2.24, 2.45) is 0 Å². The third-order valence-electron chi connectivity index (χ3n) is 3.68. The van der Waals surface area contributed by atoms with Crippen LogP contribution in [0.1, 0.15) is 16.5 Å². The van der Waals surface area contributed by atoms with Crippen LogP contribution in [0.5, 0.6) is 11.5 Å². The summed E-state index contributed by atoms with van der Waals surface area (Å²) in [6.07, 6.45) is 4.02. The molecule has 1 aliphatic heterocycles. The van der Waals surface area contributed by atoms with E-state index in [-0.39, 0.29) is 17.0 Å². The average molecular weight is 319 g/mol. The highest BCUT2D eigenvalue weighted by Crippen LogP contribution is 2.38. The van der Waals surface area contributed by atoms with Gasteiger partial charge in [-0.15, -0.1) is 11.8 Å². The first-order chi connectivity index (χ1) is 10.7. The Morgan fingerprint density at radius 3 is 3.05 bits per heavy atom. The van der Waals surface area contributed by atoms with Crippen molar-refractivity contribution in [3.05, 3.63) is 47.9 Å². The number of thioether (sulfide) groups is 1. The minimum Gasteiger partial charge on any atom is -0.504 e. The Hall–Kier alpha value is -2.08. The molecular weight excluding hydrogens is 302 g/mol. The van der Waals surface area contributed by atoms with Gasteiger partial charge in [0.25, 0.3) is 0 Å². The van der Waals surface area contributed by atoms with Gasteiger partial charge < -0.3 is 19.2 Å². The molecule has 0 radical (unpaired) electrons. The number of phenols is 1. The first-order valence-electron chi connectivity index (χ1n) is 6.98. The van der Waals surface area contributed by atoms with Crippen molar-refractivity contribution in [2.75, 3.05) is 19.4 Å². The molecule has 3 rings (SSSR count). The van der Waals surface area contributed by atoms with E-state index in [4.69, 9.17) is 9.15 Å². The Kier molecular flexibility index (Phi) is 4.29. The molecule has 5 nitrogen and oxygen atoms in total. The summed E-state index contributed by atoms with van der Waals surface area (Å²) < 4.78 is 10.2. The molecule has 0 saturated carbocycles. The average Bonchev–Trinajstić information content (AvgIpc) is 3.16. The lowest BCUT2D eigenvalue weighted by Crippen LogP contribution is -2.30. The topological polar surface area (TPSA) is 62.9 Å². The number of methoxy groups -OCH3 is 1. The van der Waals surface area contributed by atoms with Crippen LogP contribution in [-0.2, 0) is 11.2 Å². The van der Waals surface area contributed by atoms with Gasteiger partial charge in [-0.3, -0.25) is 4.79 Å². The fourth-order valence-electron chi connectivity index (χ4n) is 2.51. The van der Waals surface area contributed by atoms with Crippen molar-refractivity contribution in [3.63, 3.8) is 0 Å². The van der Waals surface area contributed by atoms with Gasteiger partial charge in [-0.25, -0.2) is 0 Å². The van der Waals surface area contributed by atoms with Crippen LogP contribution in [0.15, 0.2) is 41.2 Å². The van der Waals surface area contributed by atoms with Crippen LogP contribution in [0, 0.1) is 0 Å². The Morgan fingerprint density at radius 2 is 2.32 bits per heavy atom. The number of carbonyl (C=O) groups excluding carboxylic acids is 1. The Balaban J connectivity index is 1.70. The smallest absolute Gasteiger partial charge is 0.233 e. The van der Waals surface area contributed by atoms with E-state index in [1.54, 1.807) is 36.4 Å². The first-order valence-corrected chi connectivity index (χ1v) is 8.03. The number of hydrogen-bond acceptors (Lipinski definition) is 5. The monoisotopic (exact) mass is 319 g/mol. The lowest BCUT2D eigenvalue weighted by atomic mass is 10.1. The summed E-state index contributed by atoms with van der Waals surface area (Å²) in [5, 5.41) is 9.64. The van der Waals surface area contributed by atoms with Crippen molar-refractivity contribution in [3.8, 4) is 11.5 Å². The molecule has 2 heterocycles. The molecule has 1 aliphatic rings. The van der Waals surface area contributed by atoms with Gasteiger partial charge in [0.1, 0.15) is 5.37 Å².